The predicted octanol–water partition coefficient (Wildman–Crippen LogP) is 3.83. The highest BCUT2D eigenvalue weighted by atomic mass is 16.5. The van der Waals surface area contributed by atoms with E-state index in [4.69, 9.17) is 4.74 Å². The molecule has 2 atom stereocenters. The molecule has 1 N–H and O–H groups in total. The van der Waals surface area contributed by atoms with Crippen molar-refractivity contribution in [2.75, 3.05) is 6.61 Å². The first-order valence-electron chi connectivity index (χ1n) is 9.43. The lowest BCUT2D eigenvalue weighted by Gasteiger charge is -2.56. The Morgan fingerprint density at radius 2 is 2.27 bits per heavy atom. The summed E-state index contributed by atoms with van der Waals surface area (Å²) in [5.74, 6) is 1.15. The Balaban J connectivity index is 1.38. The Kier molecular flexibility index (Phi) is 4.21. The summed E-state index contributed by atoms with van der Waals surface area (Å²) >= 11 is 0. The monoisotopic (exact) mass is 354 g/mol. The minimum absolute atomic E-state index is 0.333. The number of aromatic amines is 1. The van der Waals surface area contributed by atoms with Crippen molar-refractivity contribution in [1.29, 1.82) is 0 Å². The van der Waals surface area contributed by atoms with Crippen molar-refractivity contribution in [3.8, 4) is 11.3 Å². The van der Waals surface area contributed by atoms with Crippen molar-refractivity contribution in [1.82, 2.24) is 20.0 Å². The van der Waals surface area contributed by atoms with E-state index in [1.54, 1.807) is 6.20 Å². The molecule has 6 heteroatoms. The van der Waals surface area contributed by atoms with Crippen LogP contribution in [0.25, 0.3) is 11.3 Å². The van der Waals surface area contributed by atoms with E-state index in [0.717, 1.165) is 24.4 Å². The number of carbonyl (C=O) groups excluding carboxylic acids is 1. The molecule has 3 aliphatic carbocycles. The van der Waals surface area contributed by atoms with Gasteiger partial charge in [0.2, 0.25) is 0 Å². The zero-order chi connectivity index (χ0) is 18.3. The minimum atomic E-state index is -0.333. The largest absolute Gasteiger partial charge is 0.462 e. The first-order chi connectivity index (χ1) is 12.5. The summed E-state index contributed by atoms with van der Waals surface area (Å²) in [5, 5.41) is 11.2. The van der Waals surface area contributed by atoms with Crippen LogP contribution in [-0.4, -0.2) is 32.6 Å². The second-order valence-electron chi connectivity index (χ2n) is 7.95. The van der Waals surface area contributed by atoms with Crippen LogP contribution in [0.3, 0.4) is 0 Å². The molecule has 0 radical (unpaired) electrons. The molecule has 0 aromatic carbocycles. The fourth-order valence-corrected chi connectivity index (χ4v) is 4.42. The third-order valence-electron chi connectivity index (χ3n) is 6.31. The van der Waals surface area contributed by atoms with Crippen molar-refractivity contribution in [2.45, 2.75) is 46.6 Å². The predicted molar refractivity (Wildman–Crippen MR) is 98.5 cm³/mol. The number of esters is 1. The number of fused-ring (bicyclic) bond motifs is 1. The van der Waals surface area contributed by atoms with Crippen LogP contribution >= 0.6 is 0 Å². The molecule has 2 heterocycles. The maximum Gasteiger partial charge on any atom is 0.342 e. The van der Waals surface area contributed by atoms with Gasteiger partial charge in [-0.15, -0.1) is 0 Å². The van der Waals surface area contributed by atoms with Gasteiger partial charge in [-0.2, -0.15) is 10.2 Å². The molecule has 5 rings (SSSR count). The van der Waals surface area contributed by atoms with Crippen LogP contribution in [0.2, 0.25) is 0 Å². The van der Waals surface area contributed by atoms with Crippen molar-refractivity contribution in [3.63, 3.8) is 0 Å². The number of nitrogens with one attached hydrogen (secondary N) is 1. The number of allylic oxidation sites excluding steroid dienone is 1. The molecule has 0 unspecified atom stereocenters. The summed E-state index contributed by atoms with van der Waals surface area (Å²) in [6.45, 7) is 7.94. The molecule has 26 heavy (non-hydrogen) atoms. The average Bonchev–Trinajstić information content (AvgIpc) is 3.30. The summed E-state index contributed by atoms with van der Waals surface area (Å²) in [4.78, 5) is 12.5. The third-order valence-corrected chi connectivity index (χ3v) is 6.31. The van der Waals surface area contributed by atoms with E-state index in [0.29, 0.717) is 29.2 Å². The van der Waals surface area contributed by atoms with E-state index in [2.05, 4.69) is 35.2 Å². The number of nitrogens with zero attached hydrogens (tertiary/aromatic N) is 3. The molecule has 2 aromatic rings. The lowest BCUT2D eigenvalue weighted by Crippen LogP contribution is -2.48. The van der Waals surface area contributed by atoms with Gasteiger partial charge in [0.25, 0.3) is 0 Å². The van der Waals surface area contributed by atoms with Crippen LogP contribution in [0, 0.1) is 17.3 Å². The second kappa shape index (κ2) is 6.41. The topological polar surface area (TPSA) is 72.8 Å². The number of ether oxygens (including phenoxy) is 1. The Hall–Kier alpha value is -2.37. The van der Waals surface area contributed by atoms with Crippen LogP contribution in [0.4, 0.5) is 0 Å². The van der Waals surface area contributed by atoms with Crippen molar-refractivity contribution in [3.05, 3.63) is 35.8 Å². The molecule has 0 spiro atoms. The average molecular weight is 354 g/mol. The van der Waals surface area contributed by atoms with Crippen LogP contribution < -0.4 is 0 Å². The lowest BCUT2D eigenvalue weighted by atomic mass is 9.48. The van der Waals surface area contributed by atoms with Crippen molar-refractivity contribution in [2.24, 2.45) is 17.3 Å². The maximum absolute atomic E-state index is 12.5. The second-order valence-corrected chi connectivity index (χ2v) is 7.95. The van der Waals surface area contributed by atoms with Gasteiger partial charge in [-0.1, -0.05) is 25.5 Å². The number of aromatic nitrogens is 4. The number of H-pyrrole nitrogens is 1. The van der Waals surface area contributed by atoms with Crippen LogP contribution in [0.5, 0.6) is 0 Å². The lowest BCUT2D eigenvalue weighted by molar-refractivity contribution is -0.0103. The van der Waals surface area contributed by atoms with Gasteiger partial charge in [0, 0.05) is 24.7 Å². The molecule has 0 amide bonds. The Labute approximate surface area is 153 Å². The molecule has 3 aliphatic rings. The highest BCUT2D eigenvalue weighted by Gasteiger charge is 2.50. The normalized spacial score (nSPS) is 23.3. The van der Waals surface area contributed by atoms with Crippen LogP contribution in [0.1, 0.15) is 50.4 Å². The van der Waals surface area contributed by atoms with Crippen LogP contribution in [-0.2, 0) is 11.3 Å². The number of carbonyl (C=O) groups is 1. The molecular weight excluding hydrogens is 328 g/mol. The third kappa shape index (κ3) is 2.77. The molecule has 1 saturated carbocycles. The molecule has 0 aliphatic heterocycles. The van der Waals surface area contributed by atoms with Gasteiger partial charge < -0.3 is 4.74 Å². The molecule has 6 nitrogen and oxygen atoms in total. The number of hydrogen-bond donors (Lipinski definition) is 1. The fraction of sp³-hybridized carbons (Fsp3) is 0.550. The summed E-state index contributed by atoms with van der Waals surface area (Å²) < 4.78 is 7.37. The highest BCUT2D eigenvalue weighted by Crippen LogP contribution is 2.59. The quantitative estimate of drug-likeness (QED) is 0.632. The Bertz CT molecular complexity index is 846. The molecule has 138 valence electrons. The van der Waals surface area contributed by atoms with Crippen molar-refractivity contribution >= 4 is 5.97 Å². The molecule has 1 fully saturated rings. The van der Waals surface area contributed by atoms with Gasteiger partial charge in [-0.05, 0) is 37.0 Å². The van der Waals surface area contributed by atoms with Gasteiger partial charge in [-0.3, -0.25) is 9.78 Å². The summed E-state index contributed by atoms with van der Waals surface area (Å²) in [5.41, 5.74) is 3.83. The van der Waals surface area contributed by atoms with E-state index in [1.807, 2.05) is 17.8 Å². The van der Waals surface area contributed by atoms with E-state index >= 15 is 0 Å². The van der Waals surface area contributed by atoms with Crippen LogP contribution in [0.15, 0.2) is 30.2 Å². The van der Waals surface area contributed by atoms with Gasteiger partial charge >= 0.3 is 5.97 Å². The van der Waals surface area contributed by atoms with Crippen molar-refractivity contribution < 1.29 is 9.53 Å². The Morgan fingerprint density at radius 3 is 2.96 bits per heavy atom. The van der Waals surface area contributed by atoms with E-state index in [1.165, 1.54) is 24.6 Å². The minimum Gasteiger partial charge on any atom is -0.462 e. The fourth-order valence-electron chi connectivity index (χ4n) is 4.42. The van der Waals surface area contributed by atoms with Gasteiger partial charge in [0.1, 0.15) is 5.56 Å². The van der Waals surface area contributed by atoms with E-state index < -0.39 is 0 Å². The number of rotatable bonds is 6. The zero-order valence-electron chi connectivity index (χ0n) is 15.7. The summed E-state index contributed by atoms with van der Waals surface area (Å²) in [7, 11) is 0. The number of hydrogen-bond acceptors (Lipinski definition) is 4. The standard InChI is InChI=1S/C20H26N4O2/c1-4-24-12-14(10-22-24)18-16(11-21-23-18)19(25)26-8-7-13-5-6-15-9-17(13)20(15,2)3/h5,10-12,15,17H,4,6-9H2,1-3H3,(H,21,23)/t15-,17-/m0/s1. The first kappa shape index (κ1) is 17.1. The summed E-state index contributed by atoms with van der Waals surface area (Å²) in [6, 6.07) is 0. The Morgan fingerprint density at radius 1 is 1.42 bits per heavy atom. The summed E-state index contributed by atoms with van der Waals surface area (Å²) in [6.07, 6.45) is 10.8. The molecule has 0 saturated heterocycles. The van der Waals surface area contributed by atoms with Gasteiger partial charge in [-0.25, -0.2) is 4.79 Å². The molecular formula is C20H26N4O2. The smallest absolute Gasteiger partial charge is 0.342 e. The first-order valence-corrected chi connectivity index (χ1v) is 9.43. The number of aryl methyl sites for hydroxylation is 1. The zero-order valence-corrected chi connectivity index (χ0v) is 15.7. The molecule has 2 aromatic heterocycles. The van der Waals surface area contributed by atoms with E-state index in [-0.39, 0.29) is 5.97 Å². The molecule has 2 bridgehead atoms. The highest BCUT2D eigenvalue weighted by molar-refractivity contribution is 5.95. The van der Waals surface area contributed by atoms with Gasteiger partial charge in [0.15, 0.2) is 0 Å². The SMILES string of the molecule is CCn1cc(-c2[nH]ncc2C(=O)OCCC2=CC[C@H]3C[C@@H]2C3(C)C)cn1. The maximum atomic E-state index is 12.5. The van der Waals surface area contributed by atoms with Gasteiger partial charge in [0.05, 0.1) is 24.7 Å². The van der Waals surface area contributed by atoms with E-state index in [9.17, 15) is 4.79 Å².